The summed E-state index contributed by atoms with van der Waals surface area (Å²) in [4.78, 5) is 8.52. The van der Waals surface area contributed by atoms with Crippen molar-refractivity contribution in [3.63, 3.8) is 0 Å². The Morgan fingerprint density at radius 1 is 1.88 bits per heavy atom. The summed E-state index contributed by atoms with van der Waals surface area (Å²) in [7, 11) is 0. The van der Waals surface area contributed by atoms with Crippen LogP contribution in [0.25, 0.3) is 0 Å². The summed E-state index contributed by atoms with van der Waals surface area (Å²) >= 11 is 0. The van der Waals surface area contributed by atoms with Crippen LogP contribution in [0.4, 0.5) is 0 Å². The molecule has 0 amide bonds. The van der Waals surface area contributed by atoms with E-state index in [0.717, 1.165) is 0 Å². The van der Waals surface area contributed by atoms with Crippen molar-refractivity contribution in [3.8, 4) is 0 Å². The van der Waals surface area contributed by atoms with Gasteiger partial charge in [0, 0.05) is 5.88 Å². The van der Waals surface area contributed by atoms with Crippen molar-refractivity contribution >= 4 is 0 Å². The van der Waals surface area contributed by atoms with Gasteiger partial charge in [0.1, 0.15) is 0 Å². The predicted molar refractivity (Wildman–Crippen MR) is 22.4 cm³/mol. The second-order valence-corrected chi connectivity index (χ2v) is 0.923. The smallest absolute Gasteiger partial charge is 0.243 e. The number of nitro groups is 1. The van der Waals surface area contributed by atoms with E-state index in [0.29, 0.717) is 0 Å². The molecule has 0 aliphatic carbocycles. The summed E-state index contributed by atoms with van der Waals surface area (Å²) < 4.78 is 0. The van der Waals surface area contributed by atoms with Crippen LogP contribution in [-0.4, -0.2) is 4.92 Å². The maximum atomic E-state index is 9.89. The number of hydrogen-bond acceptors (Lipinski definition) is 5. The van der Waals surface area contributed by atoms with E-state index < -0.39 is 10.8 Å². The van der Waals surface area contributed by atoms with Crippen LogP contribution in [0.2, 0.25) is 0 Å². The third-order valence-corrected chi connectivity index (χ3v) is 0.365. The van der Waals surface area contributed by atoms with E-state index in [1.807, 2.05) is 0 Å². The second kappa shape index (κ2) is 2.80. The van der Waals surface area contributed by atoms with Crippen LogP contribution in [0.15, 0.2) is 12.1 Å². The van der Waals surface area contributed by atoms with E-state index in [2.05, 4.69) is 5.84 Å². The van der Waals surface area contributed by atoms with Gasteiger partial charge in [-0.25, -0.2) is 0 Å². The van der Waals surface area contributed by atoms with Crippen molar-refractivity contribution in [1.82, 2.24) is 5.43 Å². The van der Waals surface area contributed by atoms with Crippen LogP contribution in [-0.2, 0) is 0 Å². The summed E-state index contributed by atoms with van der Waals surface area (Å²) in [6.07, 6.45) is 0.236. The van der Waals surface area contributed by atoms with Crippen molar-refractivity contribution in [2.45, 2.75) is 0 Å². The Morgan fingerprint density at radius 2 is 2.38 bits per heavy atom. The number of hydrogen-bond donors (Lipinski definition) is 2. The first-order valence-electron chi connectivity index (χ1n) is 1.65. The number of nitrogens with zero attached hydrogens (tertiary/aromatic N) is 1. The Morgan fingerprint density at radius 3 is 2.50 bits per heavy atom. The molecule has 0 aromatic heterocycles. The molecule has 0 aliphatic rings. The van der Waals surface area contributed by atoms with Gasteiger partial charge >= 0.3 is 0 Å². The van der Waals surface area contributed by atoms with Gasteiger partial charge in [0.15, 0.2) is 0 Å². The summed E-state index contributed by atoms with van der Waals surface area (Å²) in [5.41, 5.74) is 1.56. The third kappa shape index (κ3) is 2.91. The van der Waals surface area contributed by atoms with Crippen LogP contribution in [0.5, 0.6) is 0 Å². The molecular weight excluding hydrogens is 114 g/mol. The molecule has 0 fully saturated rings. The van der Waals surface area contributed by atoms with E-state index in [9.17, 15) is 15.2 Å². The zero-order chi connectivity index (χ0) is 6.57. The topological polar surface area (TPSA) is 104 Å². The molecular formula is C2H4N3O3-. The SMILES string of the molecule is NN/C([O-])=C/[N+](=O)[O-]. The molecule has 0 aliphatic heterocycles. The molecule has 0 aromatic carbocycles. The van der Waals surface area contributed by atoms with Crippen molar-refractivity contribution in [2.75, 3.05) is 0 Å². The van der Waals surface area contributed by atoms with E-state index in [1.165, 1.54) is 0 Å². The Bertz CT molecular complexity index is 120. The first-order valence-corrected chi connectivity index (χ1v) is 1.65. The molecule has 0 spiro atoms. The fraction of sp³-hybridized carbons (Fsp3) is 0. The van der Waals surface area contributed by atoms with Crippen molar-refractivity contribution in [2.24, 2.45) is 5.84 Å². The molecule has 0 saturated carbocycles. The lowest BCUT2D eigenvalue weighted by atomic mass is 10.9. The first-order chi connectivity index (χ1) is 3.66. The highest BCUT2D eigenvalue weighted by atomic mass is 16.6. The minimum Gasteiger partial charge on any atom is -0.855 e. The number of nitrogens with one attached hydrogen (secondary N) is 1. The van der Waals surface area contributed by atoms with Gasteiger partial charge in [-0.3, -0.25) is 16.0 Å². The Labute approximate surface area is 44.7 Å². The van der Waals surface area contributed by atoms with Gasteiger partial charge in [0.05, 0.1) is 4.92 Å². The van der Waals surface area contributed by atoms with Gasteiger partial charge in [0.2, 0.25) is 6.20 Å². The van der Waals surface area contributed by atoms with E-state index >= 15 is 0 Å². The zero-order valence-electron chi connectivity index (χ0n) is 3.83. The van der Waals surface area contributed by atoms with Gasteiger partial charge in [0.25, 0.3) is 0 Å². The third-order valence-electron chi connectivity index (χ3n) is 0.365. The Hall–Kier alpha value is -1.30. The predicted octanol–water partition coefficient (Wildman–Crippen LogP) is -2.11. The highest BCUT2D eigenvalue weighted by Gasteiger charge is 1.82. The average Bonchev–Trinajstić information content (AvgIpc) is 1.65. The van der Waals surface area contributed by atoms with Crippen molar-refractivity contribution in [1.29, 1.82) is 0 Å². The molecule has 0 unspecified atom stereocenters. The van der Waals surface area contributed by atoms with Gasteiger partial charge in [-0.05, 0) is 0 Å². The summed E-state index contributed by atoms with van der Waals surface area (Å²) in [5, 5.41) is 19.3. The fourth-order valence-electron chi connectivity index (χ4n) is 0.133. The Balaban J connectivity index is 3.75. The molecule has 0 heterocycles. The zero-order valence-corrected chi connectivity index (χ0v) is 3.83. The highest BCUT2D eigenvalue weighted by molar-refractivity contribution is 4.73. The lowest BCUT2D eigenvalue weighted by Crippen LogP contribution is -2.29. The molecule has 6 heteroatoms. The highest BCUT2D eigenvalue weighted by Crippen LogP contribution is 1.71. The van der Waals surface area contributed by atoms with Crippen LogP contribution >= 0.6 is 0 Å². The van der Waals surface area contributed by atoms with E-state index in [1.54, 1.807) is 5.43 Å². The molecule has 0 bridgehead atoms. The lowest BCUT2D eigenvalue weighted by Gasteiger charge is -2.03. The van der Waals surface area contributed by atoms with Crippen LogP contribution in [0, 0.1) is 10.1 Å². The molecule has 0 radical (unpaired) electrons. The summed E-state index contributed by atoms with van der Waals surface area (Å²) in [6.45, 7) is 0. The second-order valence-electron chi connectivity index (χ2n) is 0.923. The minimum atomic E-state index is -0.921. The number of hydrazine groups is 1. The molecule has 8 heavy (non-hydrogen) atoms. The average molecular weight is 118 g/mol. The monoisotopic (exact) mass is 118 g/mol. The number of nitrogens with two attached hydrogens (primary N) is 1. The van der Waals surface area contributed by atoms with E-state index in [-0.39, 0.29) is 6.20 Å². The molecule has 0 saturated heterocycles. The van der Waals surface area contributed by atoms with Crippen LogP contribution < -0.4 is 16.4 Å². The molecule has 3 N–H and O–H groups in total. The van der Waals surface area contributed by atoms with Crippen molar-refractivity contribution < 1.29 is 10.0 Å². The molecule has 46 valence electrons. The van der Waals surface area contributed by atoms with E-state index in [4.69, 9.17) is 0 Å². The normalized spacial score (nSPS) is 10.9. The lowest BCUT2D eigenvalue weighted by molar-refractivity contribution is -0.422. The minimum absolute atomic E-state index is 0.236. The summed E-state index contributed by atoms with van der Waals surface area (Å²) in [5.74, 6) is 3.56. The van der Waals surface area contributed by atoms with Gasteiger partial charge in [-0.15, -0.1) is 0 Å². The quantitative estimate of drug-likeness (QED) is 0.187. The maximum absolute atomic E-state index is 9.89. The summed E-state index contributed by atoms with van der Waals surface area (Å²) in [6, 6.07) is 0. The number of rotatable bonds is 2. The maximum Gasteiger partial charge on any atom is 0.243 e. The van der Waals surface area contributed by atoms with Gasteiger partial charge in [-0.1, -0.05) is 0 Å². The van der Waals surface area contributed by atoms with Gasteiger partial charge in [-0.2, -0.15) is 0 Å². The standard InChI is InChI=1S/C2H5N3O3/c3-4-2(6)1-5(7)8/h1,4,6H,3H2/p-1/b2-1-. The molecule has 0 atom stereocenters. The molecule has 6 nitrogen and oxygen atoms in total. The largest absolute Gasteiger partial charge is 0.855 e. The first kappa shape index (κ1) is 6.70. The van der Waals surface area contributed by atoms with Crippen LogP contribution in [0.1, 0.15) is 0 Å². The molecule has 0 aromatic rings. The molecule has 0 rings (SSSR count). The Kier molecular flexibility index (Phi) is 2.35. The van der Waals surface area contributed by atoms with Crippen molar-refractivity contribution in [3.05, 3.63) is 22.2 Å². The van der Waals surface area contributed by atoms with Crippen LogP contribution in [0.3, 0.4) is 0 Å². The van der Waals surface area contributed by atoms with Gasteiger partial charge < -0.3 is 10.5 Å². The fourth-order valence-corrected chi connectivity index (χ4v) is 0.133.